The molecule has 5 heteroatoms. The van der Waals surface area contributed by atoms with Crippen molar-refractivity contribution in [1.82, 2.24) is 4.90 Å². The second kappa shape index (κ2) is 7.65. The SMILES string of the molecule is O=C(C[C@H]1C=CCC1)N1CCOc2c(O)cc(-c3cccc(Cl)c3)cc2C1. The van der Waals surface area contributed by atoms with E-state index in [1.807, 2.05) is 35.2 Å². The smallest absolute Gasteiger partial charge is 0.223 e. The zero-order valence-electron chi connectivity index (χ0n) is 15.0. The van der Waals surface area contributed by atoms with Gasteiger partial charge in [-0.2, -0.15) is 0 Å². The zero-order chi connectivity index (χ0) is 18.8. The number of hydrogen-bond donors (Lipinski definition) is 1. The third-order valence-corrected chi connectivity index (χ3v) is 5.41. The molecule has 0 saturated carbocycles. The van der Waals surface area contributed by atoms with Crippen LogP contribution < -0.4 is 4.74 Å². The van der Waals surface area contributed by atoms with Crippen LogP contribution in [0.25, 0.3) is 11.1 Å². The normalized spacial score (nSPS) is 18.7. The molecule has 4 nitrogen and oxygen atoms in total. The van der Waals surface area contributed by atoms with Crippen molar-refractivity contribution in [3.05, 3.63) is 59.1 Å². The molecule has 1 amide bonds. The van der Waals surface area contributed by atoms with E-state index in [1.54, 1.807) is 6.07 Å². The van der Waals surface area contributed by atoms with Gasteiger partial charge in [0.05, 0.1) is 6.54 Å². The maximum atomic E-state index is 12.8. The van der Waals surface area contributed by atoms with Crippen molar-refractivity contribution in [2.75, 3.05) is 13.2 Å². The molecule has 0 bridgehead atoms. The Kier molecular flexibility index (Phi) is 5.08. The highest BCUT2D eigenvalue weighted by atomic mass is 35.5. The van der Waals surface area contributed by atoms with Crippen LogP contribution in [0.2, 0.25) is 5.02 Å². The summed E-state index contributed by atoms with van der Waals surface area (Å²) in [5.41, 5.74) is 2.59. The molecule has 1 atom stereocenters. The van der Waals surface area contributed by atoms with E-state index in [1.165, 1.54) is 0 Å². The van der Waals surface area contributed by atoms with Crippen LogP contribution >= 0.6 is 11.6 Å². The maximum absolute atomic E-state index is 12.8. The Bertz CT molecular complexity index is 893. The number of benzene rings is 2. The van der Waals surface area contributed by atoms with Crippen molar-refractivity contribution in [3.8, 4) is 22.6 Å². The van der Waals surface area contributed by atoms with Crippen molar-refractivity contribution in [2.45, 2.75) is 25.8 Å². The zero-order valence-corrected chi connectivity index (χ0v) is 15.8. The van der Waals surface area contributed by atoms with E-state index < -0.39 is 0 Å². The molecule has 2 aliphatic rings. The van der Waals surface area contributed by atoms with Gasteiger partial charge in [0.1, 0.15) is 6.61 Å². The van der Waals surface area contributed by atoms with Gasteiger partial charge in [-0.25, -0.2) is 0 Å². The Balaban J connectivity index is 1.60. The first kappa shape index (κ1) is 17.9. The number of fused-ring (bicyclic) bond motifs is 1. The van der Waals surface area contributed by atoms with Crippen LogP contribution in [0.1, 0.15) is 24.8 Å². The lowest BCUT2D eigenvalue weighted by atomic mass is 10.0. The van der Waals surface area contributed by atoms with Gasteiger partial charge in [0.15, 0.2) is 11.5 Å². The largest absolute Gasteiger partial charge is 0.504 e. The average Bonchev–Trinajstić information content (AvgIpc) is 3.05. The van der Waals surface area contributed by atoms with Gasteiger partial charge in [0, 0.05) is 23.6 Å². The molecule has 1 aliphatic carbocycles. The summed E-state index contributed by atoms with van der Waals surface area (Å²) in [7, 11) is 0. The summed E-state index contributed by atoms with van der Waals surface area (Å²) >= 11 is 6.10. The molecule has 27 heavy (non-hydrogen) atoms. The molecule has 1 heterocycles. The monoisotopic (exact) mass is 383 g/mol. The van der Waals surface area contributed by atoms with E-state index in [0.717, 1.165) is 29.5 Å². The first-order valence-electron chi connectivity index (χ1n) is 9.29. The van der Waals surface area contributed by atoms with Gasteiger partial charge in [-0.05, 0) is 54.2 Å². The Hall–Kier alpha value is -2.46. The molecule has 0 spiro atoms. The number of phenols is 1. The first-order chi connectivity index (χ1) is 13.1. The molecule has 0 radical (unpaired) electrons. The molecule has 0 saturated heterocycles. The van der Waals surface area contributed by atoms with Gasteiger partial charge < -0.3 is 14.7 Å². The quantitative estimate of drug-likeness (QED) is 0.775. The minimum Gasteiger partial charge on any atom is -0.504 e. The number of ether oxygens (including phenoxy) is 1. The maximum Gasteiger partial charge on any atom is 0.223 e. The summed E-state index contributed by atoms with van der Waals surface area (Å²) in [5, 5.41) is 11.1. The number of phenolic OH excluding ortho intramolecular Hbond substituents is 1. The predicted molar refractivity (Wildman–Crippen MR) is 106 cm³/mol. The number of carbonyl (C=O) groups is 1. The first-order valence-corrected chi connectivity index (χ1v) is 9.67. The van der Waals surface area contributed by atoms with E-state index in [-0.39, 0.29) is 11.7 Å². The lowest BCUT2D eigenvalue weighted by molar-refractivity contribution is -0.132. The Labute approximate surface area is 164 Å². The predicted octanol–water partition coefficient (Wildman–Crippen LogP) is 4.79. The highest BCUT2D eigenvalue weighted by Gasteiger charge is 2.24. The van der Waals surface area contributed by atoms with Gasteiger partial charge in [-0.3, -0.25) is 4.79 Å². The van der Waals surface area contributed by atoms with E-state index in [4.69, 9.17) is 16.3 Å². The number of hydrogen-bond acceptors (Lipinski definition) is 3. The molecule has 1 aliphatic heterocycles. The second-order valence-electron chi connectivity index (χ2n) is 7.13. The molecular weight excluding hydrogens is 362 g/mol. The fraction of sp³-hybridized carbons (Fsp3) is 0.318. The third kappa shape index (κ3) is 3.96. The van der Waals surface area contributed by atoms with Gasteiger partial charge in [-0.15, -0.1) is 0 Å². The number of nitrogens with zero attached hydrogens (tertiary/aromatic N) is 1. The summed E-state index contributed by atoms with van der Waals surface area (Å²) < 4.78 is 5.76. The number of rotatable bonds is 3. The second-order valence-corrected chi connectivity index (χ2v) is 7.56. The average molecular weight is 384 g/mol. The van der Waals surface area contributed by atoms with Crippen molar-refractivity contribution in [1.29, 1.82) is 0 Å². The summed E-state index contributed by atoms with van der Waals surface area (Å²) in [4.78, 5) is 14.6. The van der Waals surface area contributed by atoms with Crippen LogP contribution in [-0.4, -0.2) is 29.1 Å². The van der Waals surface area contributed by atoms with Crippen LogP contribution in [-0.2, 0) is 11.3 Å². The van der Waals surface area contributed by atoms with Crippen molar-refractivity contribution in [2.24, 2.45) is 5.92 Å². The van der Waals surface area contributed by atoms with Gasteiger partial charge >= 0.3 is 0 Å². The standard InChI is InChI=1S/C22H22ClNO3/c23-19-7-3-6-16(12-19)17-11-18-14-24(8-9-27-22(18)20(25)13-17)21(26)10-15-4-1-2-5-15/h1,3-4,6-7,11-13,15,25H,2,5,8-10,14H2/t15-/m0/s1. The number of allylic oxidation sites excluding steroid dienone is 2. The summed E-state index contributed by atoms with van der Waals surface area (Å²) in [6.45, 7) is 1.34. The Morgan fingerprint density at radius 2 is 2.15 bits per heavy atom. The van der Waals surface area contributed by atoms with Gasteiger partial charge in [0.2, 0.25) is 5.91 Å². The van der Waals surface area contributed by atoms with Crippen LogP contribution in [0.5, 0.6) is 11.5 Å². The number of halogens is 1. The summed E-state index contributed by atoms with van der Waals surface area (Å²) in [6.07, 6.45) is 6.93. The molecule has 1 N–H and O–H groups in total. The number of carbonyl (C=O) groups excluding carboxylic acids is 1. The lowest BCUT2D eigenvalue weighted by Crippen LogP contribution is -2.33. The van der Waals surface area contributed by atoms with E-state index in [0.29, 0.717) is 42.8 Å². The number of amides is 1. The summed E-state index contributed by atoms with van der Waals surface area (Å²) in [6, 6.07) is 11.2. The van der Waals surface area contributed by atoms with E-state index in [9.17, 15) is 9.90 Å². The molecule has 140 valence electrons. The Morgan fingerprint density at radius 3 is 2.93 bits per heavy atom. The molecule has 2 aromatic rings. The fourth-order valence-electron chi connectivity index (χ4n) is 3.77. The minimum absolute atomic E-state index is 0.0931. The minimum atomic E-state index is 0.0931. The van der Waals surface area contributed by atoms with E-state index >= 15 is 0 Å². The van der Waals surface area contributed by atoms with E-state index in [2.05, 4.69) is 12.2 Å². The molecule has 4 rings (SSSR count). The van der Waals surface area contributed by atoms with Crippen LogP contribution in [0.15, 0.2) is 48.6 Å². The van der Waals surface area contributed by atoms with Crippen molar-refractivity contribution < 1.29 is 14.6 Å². The third-order valence-electron chi connectivity index (χ3n) is 5.17. The van der Waals surface area contributed by atoms with Crippen LogP contribution in [0.4, 0.5) is 0 Å². The van der Waals surface area contributed by atoms with Crippen molar-refractivity contribution >= 4 is 17.5 Å². The van der Waals surface area contributed by atoms with Gasteiger partial charge in [0.25, 0.3) is 0 Å². The van der Waals surface area contributed by atoms with Crippen LogP contribution in [0.3, 0.4) is 0 Å². The molecule has 2 aromatic carbocycles. The topological polar surface area (TPSA) is 49.8 Å². The highest BCUT2D eigenvalue weighted by Crippen LogP contribution is 2.38. The van der Waals surface area contributed by atoms with Crippen molar-refractivity contribution in [3.63, 3.8) is 0 Å². The highest BCUT2D eigenvalue weighted by molar-refractivity contribution is 6.30. The molecule has 0 unspecified atom stereocenters. The number of aromatic hydroxyl groups is 1. The van der Waals surface area contributed by atoms with Gasteiger partial charge in [-0.1, -0.05) is 35.9 Å². The lowest BCUT2D eigenvalue weighted by Gasteiger charge is -2.21. The fourth-order valence-corrected chi connectivity index (χ4v) is 3.96. The summed E-state index contributed by atoms with van der Waals surface area (Å²) in [5.74, 6) is 1.04. The van der Waals surface area contributed by atoms with Crippen LogP contribution in [0, 0.1) is 5.92 Å². The molecule has 0 fully saturated rings. The molecular formula is C22H22ClNO3. The molecule has 0 aromatic heterocycles. The Morgan fingerprint density at radius 1 is 1.26 bits per heavy atom.